The Balaban J connectivity index is 1.68. The number of aryl methyl sites for hydroxylation is 1. The van der Waals surface area contributed by atoms with Gasteiger partial charge in [-0.3, -0.25) is 9.78 Å². The average Bonchev–Trinajstić information content (AvgIpc) is 2.63. The molecule has 0 unspecified atom stereocenters. The fourth-order valence-electron chi connectivity index (χ4n) is 2.39. The minimum atomic E-state index is -0.556. The Labute approximate surface area is 156 Å². The lowest BCUT2D eigenvalue weighted by atomic mass is 10.2. The fraction of sp³-hybridized carbons (Fsp3) is 0.158. The molecule has 0 atom stereocenters. The molecule has 138 valence electrons. The number of aromatic nitrogens is 3. The molecule has 0 aliphatic carbocycles. The van der Waals surface area contributed by atoms with Crippen molar-refractivity contribution in [1.29, 1.82) is 0 Å². The second-order valence-electron chi connectivity index (χ2n) is 5.80. The molecule has 0 saturated carbocycles. The summed E-state index contributed by atoms with van der Waals surface area (Å²) in [4.78, 5) is 24.5. The second-order valence-corrected chi connectivity index (χ2v) is 5.80. The number of nitrogens with zero attached hydrogens (tertiary/aromatic N) is 3. The number of benzene rings is 1. The summed E-state index contributed by atoms with van der Waals surface area (Å²) in [6.45, 7) is 4.61. The van der Waals surface area contributed by atoms with Crippen LogP contribution in [0.2, 0.25) is 0 Å². The highest BCUT2D eigenvalue weighted by atomic mass is 19.1. The van der Waals surface area contributed by atoms with Crippen molar-refractivity contribution in [1.82, 2.24) is 15.0 Å². The van der Waals surface area contributed by atoms with Crippen molar-refractivity contribution in [2.75, 3.05) is 22.5 Å². The van der Waals surface area contributed by atoms with Crippen molar-refractivity contribution < 1.29 is 9.18 Å². The van der Waals surface area contributed by atoms with E-state index in [-0.39, 0.29) is 5.56 Å². The van der Waals surface area contributed by atoms with Crippen LogP contribution in [-0.2, 0) is 0 Å². The maximum absolute atomic E-state index is 13.2. The van der Waals surface area contributed by atoms with Crippen molar-refractivity contribution in [3.05, 3.63) is 65.9 Å². The molecule has 1 aromatic carbocycles. The van der Waals surface area contributed by atoms with Gasteiger partial charge in [0.2, 0.25) is 5.95 Å². The van der Waals surface area contributed by atoms with Gasteiger partial charge in [-0.25, -0.2) is 9.37 Å². The summed E-state index contributed by atoms with van der Waals surface area (Å²) < 4.78 is 13.2. The maximum Gasteiger partial charge on any atom is 0.257 e. The average molecular weight is 366 g/mol. The third-order valence-corrected chi connectivity index (χ3v) is 3.57. The molecule has 7 nitrogen and oxygen atoms in total. The lowest BCUT2D eigenvalue weighted by Crippen LogP contribution is -2.12. The van der Waals surface area contributed by atoms with Crippen LogP contribution in [0.5, 0.6) is 0 Å². The lowest BCUT2D eigenvalue weighted by Gasteiger charge is -2.10. The predicted molar refractivity (Wildman–Crippen MR) is 103 cm³/mol. The molecular weight excluding hydrogens is 347 g/mol. The van der Waals surface area contributed by atoms with Crippen LogP contribution >= 0.6 is 0 Å². The van der Waals surface area contributed by atoms with Gasteiger partial charge in [0, 0.05) is 35.9 Å². The van der Waals surface area contributed by atoms with E-state index in [1.165, 1.54) is 6.20 Å². The topological polar surface area (TPSA) is 91.8 Å². The number of hydrogen-bond donors (Lipinski definition) is 3. The number of carbonyl (C=O) groups is 1. The molecule has 0 fully saturated rings. The van der Waals surface area contributed by atoms with Gasteiger partial charge in [0.05, 0.1) is 11.8 Å². The number of halogens is 1. The molecule has 2 heterocycles. The van der Waals surface area contributed by atoms with E-state index in [1.807, 2.05) is 32.0 Å². The molecule has 0 saturated heterocycles. The van der Waals surface area contributed by atoms with Crippen LogP contribution in [0.1, 0.15) is 23.0 Å². The molecule has 1 amide bonds. The number of carbonyl (C=O) groups excluding carboxylic acids is 1. The molecule has 3 aromatic rings. The van der Waals surface area contributed by atoms with Gasteiger partial charge < -0.3 is 16.0 Å². The van der Waals surface area contributed by atoms with E-state index >= 15 is 0 Å². The Morgan fingerprint density at radius 2 is 1.81 bits per heavy atom. The first-order chi connectivity index (χ1) is 13.0. The van der Waals surface area contributed by atoms with Gasteiger partial charge in [0.25, 0.3) is 5.91 Å². The monoisotopic (exact) mass is 366 g/mol. The predicted octanol–water partition coefficient (Wildman–Crippen LogP) is 3.75. The van der Waals surface area contributed by atoms with Crippen LogP contribution in [0.4, 0.5) is 27.5 Å². The number of pyridine rings is 1. The number of hydrogen-bond acceptors (Lipinski definition) is 6. The van der Waals surface area contributed by atoms with Gasteiger partial charge in [-0.05, 0) is 44.2 Å². The third-order valence-electron chi connectivity index (χ3n) is 3.57. The Bertz CT molecular complexity index is 945. The van der Waals surface area contributed by atoms with Crippen molar-refractivity contribution >= 4 is 29.0 Å². The minimum Gasteiger partial charge on any atom is -0.354 e. The zero-order valence-corrected chi connectivity index (χ0v) is 15.0. The van der Waals surface area contributed by atoms with Gasteiger partial charge in [-0.15, -0.1) is 0 Å². The first kappa shape index (κ1) is 18.2. The standard InChI is InChI=1S/C19H19FN6O/c1-3-22-19-23-12(2)8-17(26-19)24-15-4-6-16(7-5-15)25-18(27)13-9-14(20)11-21-10-13/h4-11H,3H2,1-2H3,(H,25,27)(H2,22,23,24,26). The molecular formula is C19H19FN6O. The van der Waals surface area contributed by atoms with Crippen LogP contribution < -0.4 is 16.0 Å². The van der Waals surface area contributed by atoms with Gasteiger partial charge in [0.15, 0.2) is 0 Å². The molecule has 2 aromatic heterocycles. The smallest absolute Gasteiger partial charge is 0.257 e. The van der Waals surface area contributed by atoms with E-state index in [9.17, 15) is 9.18 Å². The van der Waals surface area contributed by atoms with Crippen molar-refractivity contribution in [3.8, 4) is 0 Å². The van der Waals surface area contributed by atoms with E-state index in [2.05, 4.69) is 30.9 Å². The molecule has 0 aliphatic heterocycles. The first-order valence-corrected chi connectivity index (χ1v) is 8.42. The first-order valence-electron chi connectivity index (χ1n) is 8.42. The van der Waals surface area contributed by atoms with Crippen LogP contribution in [0, 0.1) is 12.7 Å². The highest BCUT2D eigenvalue weighted by Crippen LogP contribution is 2.19. The normalized spacial score (nSPS) is 10.3. The highest BCUT2D eigenvalue weighted by molar-refractivity contribution is 6.04. The highest BCUT2D eigenvalue weighted by Gasteiger charge is 2.08. The number of anilines is 4. The summed E-state index contributed by atoms with van der Waals surface area (Å²) in [5.74, 6) is 0.248. The molecule has 0 radical (unpaired) electrons. The Hall–Kier alpha value is -3.55. The summed E-state index contributed by atoms with van der Waals surface area (Å²) in [5, 5.41) is 8.99. The zero-order valence-electron chi connectivity index (χ0n) is 15.0. The largest absolute Gasteiger partial charge is 0.354 e. The summed E-state index contributed by atoms with van der Waals surface area (Å²) >= 11 is 0. The molecule has 0 bridgehead atoms. The summed E-state index contributed by atoms with van der Waals surface area (Å²) in [6.07, 6.45) is 2.36. The minimum absolute atomic E-state index is 0.157. The van der Waals surface area contributed by atoms with Crippen molar-refractivity contribution in [2.24, 2.45) is 0 Å². The third kappa shape index (κ3) is 4.97. The Morgan fingerprint density at radius 1 is 1.07 bits per heavy atom. The number of amides is 1. The summed E-state index contributed by atoms with van der Waals surface area (Å²) in [6, 6.07) is 10.1. The SMILES string of the molecule is CCNc1nc(C)cc(Nc2ccc(NC(=O)c3cncc(F)c3)cc2)n1. The van der Waals surface area contributed by atoms with E-state index in [0.717, 1.165) is 30.2 Å². The van der Waals surface area contributed by atoms with E-state index in [1.54, 1.807) is 12.1 Å². The van der Waals surface area contributed by atoms with Crippen LogP contribution in [0.15, 0.2) is 48.8 Å². The summed E-state index contributed by atoms with van der Waals surface area (Å²) in [7, 11) is 0. The van der Waals surface area contributed by atoms with Crippen molar-refractivity contribution in [3.63, 3.8) is 0 Å². The molecule has 3 rings (SSSR count). The molecule has 8 heteroatoms. The molecule has 3 N–H and O–H groups in total. The van der Waals surface area contributed by atoms with Gasteiger partial charge in [-0.2, -0.15) is 4.98 Å². The van der Waals surface area contributed by atoms with Crippen LogP contribution in [0.3, 0.4) is 0 Å². The van der Waals surface area contributed by atoms with E-state index in [4.69, 9.17) is 0 Å². The fourth-order valence-corrected chi connectivity index (χ4v) is 2.39. The zero-order chi connectivity index (χ0) is 19.2. The second kappa shape index (κ2) is 8.22. The van der Waals surface area contributed by atoms with E-state index in [0.29, 0.717) is 17.5 Å². The molecule has 27 heavy (non-hydrogen) atoms. The lowest BCUT2D eigenvalue weighted by molar-refractivity contribution is 0.102. The molecule has 0 spiro atoms. The van der Waals surface area contributed by atoms with Crippen LogP contribution in [0.25, 0.3) is 0 Å². The van der Waals surface area contributed by atoms with E-state index < -0.39 is 11.7 Å². The van der Waals surface area contributed by atoms with Gasteiger partial charge in [-0.1, -0.05) is 0 Å². The quantitative estimate of drug-likeness (QED) is 0.615. The Kier molecular flexibility index (Phi) is 5.55. The number of rotatable bonds is 6. The number of nitrogens with one attached hydrogen (secondary N) is 3. The Morgan fingerprint density at radius 3 is 2.52 bits per heavy atom. The van der Waals surface area contributed by atoms with Crippen LogP contribution in [-0.4, -0.2) is 27.4 Å². The van der Waals surface area contributed by atoms with Crippen molar-refractivity contribution in [2.45, 2.75) is 13.8 Å². The summed E-state index contributed by atoms with van der Waals surface area (Å²) in [5.41, 5.74) is 2.39. The van der Waals surface area contributed by atoms with Gasteiger partial charge in [0.1, 0.15) is 11.6 Å². The molecule has 0 aliphatic rings. The van der Waals surface area contributed by atoms with Gasteiger partial charge >= 0.3 is 0 Å². The maximum atomic E-state index is 13.2.